The lowest BCUT2D eigenvalue weighted by atomic mass is 9.84. The second kappa shape index (κ2) is 6.20. The molecule has 0 aliphatic carbocycles. The maximum atomic E-state index is 13.1. The first kappa shape index (κ1) is 16.7. The number of halogens is 2. The van der Waals surface area contributed by atoms with Gasteiger partial charge in [-0.25, -0.2) is 8.78 Å². The molecule has 0 radical (unpaired) electrons. The van der Waals surface area contributed by atoms with Crippen molar-refractivity contribution >= 4 is 5.91 Å². The van der Waals surface area contributed by atoms with Crippen LogP contribution in [0.15, 0.2) is 24.3 Å². The summed E-state index contributed by atoms with van der Waals surface area (Å²) in [6.45, 7) is 3.89. The fraction of sp³-hybridized carbons (Fsp3) is 0.562. The van der Waals surface area contributed by atoms with Crippen molar-refractivity contribution in [1.82, 2.24) is 10.6 Å². The van der Waals surface area contributed by atoms with Crippen LogP contribution in [0.3, 0.4) is 0 Å². The van der Waals surface area contributed by atoms with E-state index in [-0.39, 0.29) is 11.3 Å². The van der Waals surface area contributed by atoms with Gasteiger partial charge in [0.15, 0.2) is 0 Å². The third-order valence-corrected chi connectivity index (χ3v) is 3.98. The summed E-state index contributed by atoms with van der Waals surface area (Å²) in [6, 6.07) is 6.78. The number of carbonyl (C=O) groups excluding carboxylic acids is 1. The Balaban J connectivity index is 1.96. The number of methoxy groups -OCH3 is 1. The Kier molecular flexibility index (Phi) is 4.70. The average molecular weight is 312 g/mol. The van der Waals surface area contributed by atoms with Crippen LogP contribution in [0, 0.1) is 0 Å². The number of benzene rings is 1. The molecule has 0 saturated carbocycles. The molecule has 0 aromatic heterocycles. The Labute approximate surface area is 129 Å². The summed E-state index contributed by atoms with van der Waals surface area (Å²) in [5, 5.41) is 5.32. The fourth-order valence-electron chi connectivity index (χ4n) is 2.48. The lowest BCUT2D eigenvalue weighted by Crippen LogP contribution is -2.45. The summed E-state index contributed by atoms with van der Waals surface area (Å²) in [7, 11) is 1.60. The van der Waals surface area contributed by atoms with Gasteiger partial charge in [-0.3, -0.25) is 10.1 Å². The van der Waals surface area contributed by atoms with Gasteiger partial charge < -0.3 is 10.1 Å². The van der Waals surface area contributed by atoms with E-state index in [9.17, 15) is 13.6 Å². The van der Waals surface area contributed by atoms with Gasteiger partial charge in [0.2, 0.25) is 5.91 Å². The summed E-state index contributed by atoms with van der Waals surface area (Å²) in [6.07, 6.45) is -0.446. The summed E-state index contributed by atoms with van der Waals surface area (Å²) < 4.78 is 31.4. The molecule has 0 spiro atoms. The molecule has 122 valence electrons. The zero-order valence-electron chi connectivity index (χ0n) is 13.1. The molecule has 2 rings (SSSR count). The standard InChI is InChI=1S/C16H22F2N2O2/c1-15(2,11-5-4-6-12(7-11)22-3)9-20-14(21)13-8-16(17,18)10-19-13/h4-7,13,19H,8-10H2,1-3H3,(H,20,21). The molecule has 1 atom stereocenters. The smallest absolute Gasteiger partial charge is 0.262 e. The molecule has 1 aromatic rings. The number of amides is 1. The molecular formula is C16H22F2N2O2. The van der Waals surface area contributed by atoms with E-state index >= 15 is 0 Å². The number of nitrogens with one attached hydrogen (secondary N) is 2. The van der Waals surface area contributed by atoms with Crippen LogP contribution in [0.1, 0.15) is 25.8 Å². The molecule has 22 heavy (non-hydrogen) atoms. The van der Waals surface area contributed by atoms with E-state index in [1.807, 2.05) is 38.1 Å². The van der Waals surface area contributed by atoms with Crippen LogP contribution < -0.4 is 15.4 Å². The third kappa shape index (κ3) is 3.94. The third-order valence-electron chi connectivity index (χ3n) is 3.98. The summed E-state index contributed by atoms with van der Waals surface area (Å²) in [5.41, 5.74) is 0.683. The molecule has 1 heterocycles. The Morgan fingerprint density at radius 2 is 2.23 bits per heavy atom. The minimum Gasteiger partial charge on any atom is -0.497 e. The first-order valence-corrected chi connectivity index (χ1v) is 7.27. The highest BCUT2D eigenvalue weighted by molar-refractivity contribution is 5.82. The van der Waals surface area contributed by atoms with Crippen LogP contribution in [0.5, 0.6) is 5.75 Å². The molecule has 1 aliphatic heterocycles. The predicted molar refractivity (Wildman–Crippen MR) is 80.4 cm³/mol. The van der Waals surface area contributed by atoms with Crippen molar-refractivity contribution in [1.29, 1.82) is 0 Å². The molecule has 4 nitrogen and oxygen atoms in total. The van der Waals surface area contributed by atoms with Crippen LogP contribution in [0.2, 0.25) is 0 Å². The average Bonchev–Trinajstić information content (AvgIpc) is 2.85. The summed E-state index contributed by atoms with van der Waals surface area (Å²) in [4.78, 5) is 12.0. The minimum atomic E-state index is -2.80. The Hall–Kier alpha value is -1.69. The molecule has 1 aromatic carbocycles. The van der Waals surface area contributed by atoms with Gasteiger partial charge in [-0.1, -0.05) is 26.0 Å². The molecule has 1 fully saturated rings. The van der Waals surface area contributed by atoms with Gasteiger partial charge in [-0.05, 0) is 17.7 Å². The van der Waals surface area contributed by atoms with Crippen LogP contribution >= 0.6 is 0 Å². The van der Waals surface area contributed by atoms with Gasteiger partial charge in [-0.2, -0.15) is 0 Å². The van der Waals surface area contributed by atoms with Crippen molar-refractivity contribution in [3.05, 3.63) is 29.8 Å². The SMILES string of the molecule is COc1cccc(C(C)(C)CNC(=O)C2CC(F)(F)CN2)c1. The van der Waals surface area contributed by atoms with E-state index in [1.54, 1.807) is 7.11 Å². The quantitative estimate of drug-likeness (QED) is 0.875. The normalized spacial score (nSPS) is 20.7. The van der Waals surface area contributed by atoms with E-state index in [0.29, 0.717) is 6.54 Å². The molecule has 1 unspecified atom stereocenters. The van der Waals surface area contributed by atoms with Gasteiger partial charge in [-0.15, -0.1) is 0 Å². The highest BCUT2D eigenvalue weighted by Crippen LogP contribution is 2.27. The highest BCUT2D eigenvalue weighted by Gasteiger charge is 2.42. The van der Waals surface area contributed by atoms with Crippen molar-refractivity contribution in [2.45, 2.75) is 37.6 Å². The Morgan fingerprint density at radius 1 is 1.50 bits per heavy atom. The van der Waals surface area contributed by atoms with Gasteiger partial charge >= 0.3 is 0 Å². The van der Waals surface area contributed by atoms with Gasteiger partial charge in [0.1, 0.15) is 5.75 Å². The summed E-state index contributed by atoms with van der Waals surface area (Å²) >= 11 is 0. The second-order valence-corrected chi connectivity index (χ2v) is 6.33. The van der Waals surface area contributed by atoms with Crippen molar-refractivity contribution in [3.63, 3.8) is 0 Å². The Morgan fingerprint density at radius 3 is 2.82 bits per heavy atom. The van der Waals surface area contributed by atoms with E-state index in [1.165, 1.54) is 0 Å². The molecule has 1 amide bonds. The van der Waals surface area contributed by atoms with Crippen LogP contribution in [-0.2, 0) is 10.2 Å². The van der Waals surface area contributed by atoms with Gasteiger partial charge in [0.25, 0.3) is 5.92 Å². The van der Waals surface area contributed by atoms with E-state index < -0.39 is 24.9 Å². The van der Waals surface area contributed by atoms with E-state index in [2.05, 4.69) is 10.6 Å². The first-order valence-electron chi connectivity index (χ1n) is 7.27. The predicted octanol–water partition coefficient (Wildman–Crippen LogP) is 2.09. The fourth-order valence-corrected chi connectivity index (χ4v) is 2.48. The maximum Gasteiger partial charge on any atom is 0.262 e. The monoisotopic (exact) mass is 312 g/mol. The van der Waals surface area contributed by atoms with Gasteiger partial charge in [0, 0.05) is 18.4 Å². The lowest BCUT2D eigenvalue weighted by Gasteiger charge is -2.26. The lowest BCUT2D eigenvalue weighted by molar-refractivity contribution is -0.123. The number of alkyl halides is 2. The van der Waals surface area contributed by atoms with Crippen molar-refractivity contribution in [2.24, 2.45) is 0 Å². The first-order chi connectivity index (χ1) is 10.2. The van der Waals surface area contributed by atoms with Crippen molar-refractivity contribution < 1.29 is 18.3 Å². The van der Waals surface area contributed by atoms with Crippen LogP contribution in [0.25, 0.3) is 0 Å². The second-order valence-electron chi connectivity index (χ2n) is 6.33. The molecule has 1 aliphatic rings. The Bertz CT molecular complexity index is 547. The number of ether oxygens (including phenoxy) is 1. The van der Waals surface area contributed by atoms with E-state index in [4.69, 9.17) is 4.74 Å². The zero-order valence-corrected chi connectivity index (χ0v) is 13.1. The van der Waals surface area contributed by atoms with Crippen LogP contribution in [-0.4, -0.2) is 38.1 Å². The van der Waals surface area contributed by atoms with Crippen molar-refractivity contribution in [2.75, 3.05) is 20.2 Å². The molecule has 0 bridgehead atoms. The number of hydrogen-bond acceptors (Lipinski definition) is 3. The minimum absolute atomic E-state index is 0.328. The topological polar surface area (TPSA) is 50.4 Å². The maximum absolute atomic E-state index is 13.1. The largest absolute Gasteiger partial charge is 0.497 e. The zero-order chi connectivity index (χ0) is 16.4. The molecule has 1 saturated heterocycles. The number of rotatable bonds is 5. The molecular weight excluding hydrogens is 290 g/mol. The van der Waals surface area contributed by atoms with E-state index in [0.717, 1.165) is 11.3 Å². The highest BCUT2D eigenvalue weighted by atomic mass is 19.3. The molecule has 6 heteroatoms. The summed E-state index contributed by atoms with van der Waals surface area (Å²) in [5.74, 6) is -2.44. The van der Waals surface area contributed by atoms with Gasteiger partial charge in [0.05, 0.1) is 19.7 Å². The van der Waals surface area contributed by atoms with Crippen LogP contribution in [0.4, 0.5) is 8.78 Å². The van der Waals surface area contributed by atoms with Crippen molar-refractivity contribution in [3.8, 4) is 5.75 Å². The number of hydrogen-bond donors (Lipinski definition) is 2. The molecule has 2 N–H and O–H groups in total. The number of carbonyl (C=O) groups is 1.